The van der Waals surface area contributed by atoms with Gasteiger partial charge in [-0.3, -0.25) is 0 Å². The van der Waals surface area contributed by atoms with Crippen LogP contribution in [0.2, 0.25) is 0 Å². The van der Waals surface area contributed by atoms with Crippen LogP contribution in [0.1, 0.15) is 39.3 Å². The number of rotatable bonds is 4. The van der Waals surface area contributed by atoms with Crippen molar-refractivity contribution < 1.29 is 14.1 Å². The van der Waals surface area contributed by atoms with Crippen LogP contribution < -0.4 is 5.32 Å². The highest BCUT2D eigenvalue weighted by molar-refractivity contribution is 5.68. The van der Waals surface area contributed by atoms with E-state index in [1.54, 1.807) is 6.26 Å². The second-order valence-corrected chi connectivity index (χ2v) is 6.56. The highest BCUT2D eigenvalue weighted by Crippen LogP contribution is 2.18. The molecule has 0 radical (unpaired) electrons. The summed E-state index contributed by atoms with van der Waals surface area (Å²) in [5.41, 5.74) is 0.463. The molecule has 21 heavy (non-hydrogen) atoms. The number of carbonyl (C=O) groups excluding carboxylic acids is 1. The quantitative estimate of drug-likeness (QED) is 0.924. The molecule has 6 nitrogen and oxygen atoms in total. The number of hydrogen-bond donors (Lipinski definition) is 1. The number of ether oxygens (including phenoxy) is 1. The Kier molecular flexibility index (Phi) is 5.22. The van der Waals surface area contributed by atoms with E-state index < -0.39 is 5.60 Å². The Balaban J connectivity index is 1.74. The van der Waals surface area contributed by atoms with Crippen molar-refractivity contribution in [3.8, 4) is 0 Å². The van der Waals surface area contributed by atoms with Gasteiger partial charge in [0.05, 0.1) is 5.69 Å². The van der Waals surface area contributed by atoms with E-state index in [0.717, 1.165) is 38.2 Å². The number of piperidine rings is 1. The van der Waals surface area contributed by atoms with Crippen LogP contribution in [0.25, 0.3) is 0 Å². The Morgan fingerprint density at radius 3 is 3.05 bits per heavy atom. The molecular weight excluding hydrogens is 270 g/mol. The van der Waals surface area contributed by atoms with Crippen molar-refractivity contribution >= 4 is 6.09 Å². The molecule has 1 unspecified atom stereocenters. The molecule has 6 heteroatoms. The molecule has 0 aliphatic carbocycles. The number of aromatic nitrogens is 1. The van der Waals surface area contributed by atoms with Gasteiger partial charge in [-0.05, 0) is 39.5 Å². The summed E-state index contributed by atoms with van der Waals surface area (Å²) in [4.78, 5) is 13.9. The van der Waals surface area contributed by atoms with Gasteiger partial charge in [0.2, 0.25) is 0 Å². The Hall–Kier alpha value is -1.56. The van der Waals surface area contributed by atoms with E-state index in [1.165, 1.54) is 0 Å². The first kappa shape index (κ1) is 15.8. The summed E-state index contributed by atoms with van der Waals surface area (Å²) < 4.78 is 10.2. The van der Waals surface area contributed by atoms with Gasteiger partial charge < -0.3 is 19.5 Å². The molecule has 2 rings (SSSR count). The standard InChI is InChI=1S/C15H25N3O3/c1-15(2,3)21-14(19)18-7-4-5-12(11-18)9-16-10-13-6-8-20-17-13/h6,8,12,16H,4-5,7,9-11H2,1-3H3. The lowest BCUT2D eigenvalue weighted by atomic mass is 9.98. The molecule has 118 valence electrons. The lowest BCUT2D eigenvalue weighted by Gasteiger charge is -2.34. The van der Waals surface area contributed by atoms with Crippen molar-refractivity contribution in [1.82, 2.24) is 15.4 Å². The van der Waals surface area contributed by atoms with E-state index in [2.05, 4.69) is 10.5 Å². The summed E-state index contributed by atoms with van der Waals surface area (Å²) in [6.07, 6.45) is 3.52. The first-order valence-electron chi connectivity index (χ1n) is 7.52. The average molecular weight is 295 g/mol. The Bertz CT molecular complexity index is 440. The van der Waals surface area contributed by atoms with Crippen LogP contribution in [-0.4, -0.2) is 41.4 Å². The zero-order chi connectivity index (χ0) is 15.3. The van der Waals surface area contributed by atoms with Gasteiger partial charge in [-0.1, -0.05) is 5.16 Å². The fourth-order valence-corrected chi connectivity index (χ4v) is 2.46. The Morgan fingerprint density at radius 2 is 2.38 bits per heavy atom. The molecule has 1 amide bonds. The maximum absolute atomic E-state index is 12.1. The van der Waals surface area contributed by atoms with E-state index in [-0.39, 0.29) is 6.09 Å². The van der Waals surface area contributed by atoms with Crippen molar-refractivity contribution in [3.05, 3.63) is 18.0 Å². The predicted octanol–water partition coefficient (Wildman–Crippen LogP) is 2.41. The van der Waals surface area contributed by atoms with Crippen LogP contribution in [0.5, 0.6) is 0 Å². The molecule has 1 aromatic rings. The zero-order valence-corrected chi connectivity index (χ0v) is 13.1. The maximum atomic E-state index is 12.1. The van der Waals surface area contributed by atoms with E-state index in [9.17, 15) is 4.79 Å². The second-order valence-electron chi connectivity index (χ2n) is 6.56. The molecule has 1 aromatic heterocycles. The van der Waals surface area contributed by atoms with E-state index in [0.29, 0.717) is 12.5 Å². The van der Waals surface area contributed by atoms with Crippen molar-refractivity contribution in [1.29, 1.82) is 0 Å². The maximum Gasteiger partial charge on any atom is 0.410 e. The molecule has 0 bridgehead atoms. The van der Waals surface area contributed by atoms with Crippen LogP contribution in [-0.2, 0) is 11.3 Å². The minimum atomic E-state index is -0.435. The third kappa shape index (κ3) is 5.38. The smallest absolute Gasteiger partial charge is 0.410 e. The second kappa shape index (κ2) is 6.93. The van der Waals surface area contributed by atoms with Crippen LogP contribution in [0.4, 0.5) is 4.79 Å². The van der Waals surface area contributed by atoms with E-state index >= 15 is 0 Å². The Labute approximate surface area is 125 Å². The van der Waals surface area contributed by atoms with Crippen LogP contribution in [0.15, 0.2) is 16.9 Å². The average Bonchev–Trinajstić information content (AvgIpc) is 2.90. The Morgan fingerprint density at radius 1 is 1.57 bits per heavy atom. The number of carbonyl (C=O) groups is 1. The number of likely N-dealkylation sites (tertiary alicyclic amines) is 1. The number of nitrogens with one attached hydrogen (secondary N) is 1. The van der Waals surface area contributed by atoms with E-state index in [4.69, 9.17) is 9.26 Å². The number of nitrogens with zero attached hydrogens (tertiary/aromatic N) is 2. The predicted molar refractivity (Wildman–Crippen MR) is 78.7 cm³/mol. The number of hydrogen-bond acceptors (Lipinski definition) is 5. The molecule has 0 aromatic carbocycles. The van der Waals surface area contributed by atoms with Crippen LogP contribution >= 0.6 is 0 Å². The summed E-state index contributed by atoms with van der Waals surface area (Å²) >= 11 is 0. The first-order valence-corrected chi connectivity index (χ1v) is 7.52. The largest absolute Gasteiger partial charge is 0.444 e. The lowest BCUT2D eigenvalue weighted by Crippen LogP contribution is -2.45. The van der Waals surface area contributed by atoms with Crippen molar-refractivity contribution in [3.63, 3.8) is 0 Å². The molecule has 1 atom stereocenters. The van der Waals surface area contributed by atoms with Gasteiger partial charge in [-0.25, -0.2) is 4.79 Å². The van der Waals surface area contributed by atoms with Crippen LogP contribution in [0, 0.1) is 5.92 Å². The fraction of sp³-hybridized carbons (Fsp3) is 0.733. The van der Waals surface area contributed by atoms with Gasteiger partial charge in [0.1, 0.15) is 11.9 Å². The first-order chi connectivity index (χ1) is 9.94. The summed E-state index contributed by atoms with van der Waals surface area (Å²) in [7, 11) is 0. The lowest BCUT2D eigenvalue weighted by molar-refractivity contribution is 0.0166. The van der Waals surface area contributed by atoms with Gasteiger partial charge in [-0.15, -0.1) is 0 Å². The van der Waals surface area contributed by atoms with Gasteiger partial charge in [-0.2, -0.15) is 0 Å². The molecular formula is C15H25N3O3. The molecule has 2 heterocycles. The van der Waals surface area contributed by atoms with Gasteiger partial charge >= 0.3 is 6.09 Å². The monoisotopic (exact) mass is 295 g/mol. The molecule has 1 aliphatic rings. The third-order valence-corrected chi connectivity index (χ3v) is 3.40. The molecule has 1 aliphatic heterocycles. The molecule has 1 fully saturated rings. The van der Waals surface area contributed by atoms with Crippen molar-refractivity contribution in [2.75, 3.05) is 19.6 Å². The third-order valence-electron chi connectivity index (χ3n) is 3.40. The SMILES string of the molecule is CC(C)(C)OC(=O)N1CCCC(CNCc2ccon2)C1. The van der Waals surface area contributed by atoms with Gasteiger partial charge in [0.15, 0.2) is 0 Å². The highest BCUT2D eigenvalue weighted by atomic mass is 16.6. The van der Waals surface area contributed by atoms with Crippen molar-refractivity contribution in [2.45, 2.75) is 45.8 Å². The topological polar surface area (TPSA) is 67.6 Å². The normalized spacial score (nSPS) is 19.6. The summed E-state index contributed by atoms with van der Waals surface area (Å²) in [6.45, 7) is 8.78. The van der Waals surface area contributed by atoms with Gasteiger partial charge in [0, 0.05) is 32.2 Å². The minimum absolute atomic E-state index is 0.205. The van der Waals surface area contributed by atoms with Crippen molar-refractivity contribution in [2.24, 2.45) is 5.92 Å². The molecule has 0 spiro atoms. The molecule has 1 N–H and O–H groups in total. The highest BCUT2D eigenvalue weighted by Gasteiger charge is 2.27. The fourth-order valence-electron chi connectivity index (χ4n) is 2.46. The molecule has 1 saturated heterocycles. The summed E-state index contributed by atoms with van der Waals surface area (Å²) in [6, 6.07) is 1.85. The molecule has 0 saturated carbocycles. The van der Waals surface area contributed by atoms with E-state index in [1.807, 2.05) is 31.7 Å². The van der Waals surface area contributed by atoms with Crippen LogP contribution in [0.3, 0.4) is 0 Å². The number of amides is 1. The summed E-state index contributed by atoms with van der Waals surface area (Å²) in [5, 5.41) is 7.22. The minimum Gasteiger partial charge on any atom is -0.444 e. The van der Waals surface area contributed by atoms with Gasteiger partial charge in [0.25, 0.3) is 0 Å². The zero-order valence-electron chi connectivity index (χ0n) is 13.1. The summed E-state index contributed by atoms with van der Waals surface area (Å²) in [5.74, 6) is 0.457.